The van der Waals surface area contributed by atoms with Gasteiger partial charge in [-0.05, 0) is 13.3 Å². The molecule has 0 saturated heterocycles. The summed E-state index contributed by atoms with van der Waals surface area (Å²) in [6.07, 6.45) is 2.09. The third-order valence-electron chi connectivity index (χ3n) is 1.53. The van der Waals surface area contributed by atoms with Gasteiger partial charge in [0.25, 0.3) is 0 Å². The number of carbonyl (C=O) groups is 2. The molecule has 0 unspecified atom stereocenters. The zero-order chi connectivity index (χ0) is 9.56. The molecule has 3 nitrogen and oxygen atoms in total. The molecular formula is C9H15NO2. The van der Waals surface area contributed by atoms with Crippen molar-refractivity contribution >= 4 is 12.2 Å². The van der Waals surface area contributed by atoms with Gasteiger partial charge in [0, 0.05) is 25.6 Å². The van der Waals surface area contributed by atoms with Crippen LogP contribution in [-0.2, 0) is 9.59 Å². The topological polar surface area (TPSA) is 37.4 Å². The zero-order valence-corrected chi connectivity index (χ0v) is 7.67. The Morgan fingerprint density at radius 3 is 2.58 bits per heavy atom. The summed E-state index contributed by atoms with van der Waals surface area (Å²) in [4.78, 5) is 22.7. The van der Waals surface area contributed by atoms with E-state index in [4.69, 9.17) is 0 Å². The molecule has 0 aromatic carbocycles. The molecule has 0 radical (unpaired) electrons. The Labute approximate surface area is 73.1 Å². The van der Waals surface area contributed by atoms with Gasteiger partial charge in [-0.15, -0.1) is 0 Å². The summed E-state index contributed by atoms with van der Waals surface area (Å²) in [6, 6.07) is 0. The second-order valence-corrected chi connectivity index (χ2v) is 2.82. The van der Waals surface area contributed by atoms with Gasteiger partial charge in [-0.2, -0.15) is 0 Å². The number of carbonyl (C=O) groups excluding carboxylic acids is 2. The van der Waals surface area contributed by atoms with Gasteiger partial charge in [-0.3, -0.25) is 4.79 Å². The molecule has 3 heteroatoms. The second-order valence-electron chi connectivity index (χ2n) is 2.82. The summed E-state index contributed by atoms with van der Waals surface area (Å²) in [7, 11) is 1.71. The lowest BCUT2D eigenvalue weighted by Crippen LogP contribution is -2.27. The fourth-order valence-corrected chi connectivity index (χ4v) is 0.839. The molecule has 1 amide bonds. The van der Waals surface area contributed by atoms with Gasteiger partial charge in [0.05, 0.1) is 0 Å². The molecule has 12 heavy (non-hydrogen) atoms. The maximum atomic E-state index is 11.2. The van der Waals surface area contributed by atoms with Crippen molar-refractivity contribution in [3.05, 3.63) is 12.2 Å². The second kappa shape index (κ2) is 5.52. The molecule has 0 aromatic heterocycles. The van der Waals surface area contributed by atoms with E-state index in [1.54, 1.807) is 18.9 Å². The molecule has 0 aromatic rings. The average Bonchev–Trinajstić information content (AvgIpc) is 2.03. The van der Waals surface area contributed by atoms with E-state index in [1.165, 1.54) is 0 Å². The average molecular weight is 169 g/mol. The number of hydrogen-bond acceptors (Lipinski definition) is 2. The van der Waals surface area contributed by atoms with E-state index in [0.717, 1.165) is 12.7 Å². The minimum Gasteiger partial charge on any atom is -0.342 e. The fraction of sp³-hybridized carbons (Fsp3) is 0.556. The molecule has 0 aliphatic rings. The van der Waals surface area contributed by atoms with Crippen LogP contribution in [0.4, 0.5) is 0 Å². The summed E-state index contributed by atoms with van der Waals surface area (Å²) < 4.78 is 0. The molecule has 0 bridgehead atoms. The lowest BCUT2D eigenvalue weighted by molar-refractivity contribution is -0.126. The highest BCUT2D eigenvalue weighted by Gasteiger charge is 2.07. The lowest BCUT2D eigenvalue weighted by atomic mass is 10.2. The first-order valence-electron chi connectivity index (χ1n) is 3.94. The summed E-state index contributed by atoms with van der Waals surface area (Å²) >= 11 is 0. The van der Waals surface area contributed by atoms with Gasteiger partial charge >= 0.3 is 0 Å². The first-order chi connectivity index (χ1) is 5.59. The largest absolute Gasteiger partial charge is 0.342 e. The number of likely N-dealkylation sites (N-methyl/N-ethyl adjacent to an activating group) is 1. The van der Waals surface area contributed by atoms with Crippen molar-refractivity contribution in [1.82, 2.24) is 4.90 Å². The van der Waals surface area contributed by atoms with Crippen LogP contribution in [0.15, 0.2) is 12.2 Å². The number of rotatable bonds is 5. The normalized spacial score (nSPS) is 9.17. The number of unbranched alkanes of at least 4 members (excludes halogenated alkanes) is 1. The van der Waals surface area contributed by atoms with Crippen LogP contribution in [0.5, 0.6) is 0 Å². The molecule has 0 fully saturated rings. The molecule has 0 atom stereocenters. The van der Waals surface area contributed by atoms with Crippen LogP contribution in [0.3, 0.4) is 0 Å². The lowest BCUT2D eigenvalue weighted by Gasteiger charge is -2.15. The number of amides is 1. The highest BCUT2D eigenvalue weighted by molar-refractivity contribution is 5.91. The summed E-state index contributed by atoms with van der Waals surface area (Å²) in [5.74, 6) is -0.0547. The summed E-state index contributed by atoms with van der Waals surface area (Å²) in [5, 5.41) is 0. The number of nitrogens with zero attached hydrogens (tertiary/aromatic N) is 1. The monoisotopic (exact) mass is 169 g/mol. The van der Waals surface area contributed by atoms with Crippen LogP contribution < -0.4 is 0 Å². The Bertz CT molecular complexity index is 187. The van der Waals surface area contributed by atoms with E-state index in [-0.39, 0.29) is 5.91 Å². The Morgan fingerprint density at radius 2 is 2.17 bits per heavy atom. The molecule has 0 aliphatic carbocycles. The van der Waals surface area contributed by atoms with Gasteiger partial charge in [0.1, 0.15) is 6.29 Å². The fourth-order valence-electron chi connectivity index (χ4n) is 0.839. The van der Waals surface area contributed by atoms with Crippen molar-refractivity contribution in [2.24, 2.45) is 0 Å². The Hall–Kier alpha value is -1.12. The molecule has 0 heterocycles. The Morgan fingerprint density at radius 1 is 1.58 bits per heavy atom. The van der Waals surface area contributed by atoms with Crippen LogP contribution >= 0.6 is 0 Å². The van der Waals surface area contributed by atoms with Gasteiger partial charge < -0.3 is 9.69 Å². The van der Waals surface area contributed by atoms with Gasteiger partial charge in [0.2, 0.25) is 5.91 Å². The first kappa shape index (κ1) is 10.9. The van der Waals surface area contributed by atoms with Crippen molar-refractivity contribution < 1.29 is 9.59 Å². The third kappa shape index (κ3) is 3.91. The molecule has 0 rings (SSSR count). The van der Waals surface area contributed by atoms with E-state index in [1.807, 2.05) is 0 Å². The van der Waals surface area contributed by atoms with Crippen LogP contribution in [0, 0.1) is 0 Å². The van der Waals surface area contributed by atoms with Crippen LogP contribution in [-0.4, -0.2) is 30.7 Å². The van der Waals surface area contributed by atoms with Gasteiger partial charge in [-0.25, -0.2) is 0 Å². The predicted molar refractivity (Wildman–Crippen MR) is 47.7 cm³/mol. The summed E-state index contributed by atoms with van der Waals surface area (Å²) in [6.45, 7) is 5.84. The number of hydrogen-bond donors (Lipinski definition) is 0. The minimum atomic E-state index is -0.0547. The Balaban J connectivity index is 3.71. The standard InChI is InChI=1S/C9H15NO2/c1-8(2)9(12)10(3)6-4-5-7-11/h7H,1,4-6H2,2-3H3. The molecular weight excluding hydrogens is 154 g/mol. The van der Waals surface area contributed by atoms with Crippen molar-refractivity contribution in [3.63, 3.8) is 0 Å². The molecule has 0 saturated carbocycles. The first-order valence-corrected chi connectivity index (χ1v) is 3.94. The van der Waals surface area contributed by atoms with Crippen molar-refractivity contribution in [1.29, 1.82) is 0 Å². The summed E-state index contributed by atoms with van der Waals surface area (Å²) in [5.41, 5.74) is 0.531. The van der Waals surface area contributed by atoms with Crippen molar-refractivity contribution in [2.75, 3.05) is 13.6 Å². The van der Waals surface area contributed by atoms with Crippen molar-refractivity contribution in [2.45, 2.75) is 19.8 Å². The highest BCUT2D eigenvalue weighted by atomic mass is 16.2. The minimum absolute atomic E-state index is 0.0547. The maximum absolute atomic E-state index is 11.2. The van der Waals surface area contributed by atoms with Crippen LogP contribution in [0.25, 0.3) is 0 Å². The highest BCUT2D eigenvalue weighted by Crippen LogP contribution is 1.97. The van der Waals surface area contributed by atoms with Crippen LogP contribution in [0.2, 0.25) is 0 Å². The molecule has 0 aliphatic heterocycles. The van der Waals surface area contributed by atoms with E-state index in [9.17, 15) is 9.59 Å². The quantitative estimate of drug-likeness (QED) is 0.350. The van der Waals surface area contributed by atoms with E-state index >= 15 is 0 Å². The van der Waals surface area contributed by atoms with Crippen LogP contribution in [0.1, 0.15) is 19.8 Å². The van der Waals surface area contributed by atoms with E-state index in [2.05, 4.69) is 6.58 Å². The maximum Gasteiger partial charge on any atom is 0.248 e. The number of aldehydes is 1. The molecule has 68 valence electrons. The van der Waals surface area contributed by atoms with Gasteiger partial charge in [0.15, 0.2) is 0 Å². The third-order valence-corrected chi connectivity index (χ3v) is 1.53. The smallest absolute Gasteiger partial charge is 0.248 e. The van der Waals surface area contributed by atoms with Gasteiger partial charge in [-0.1, -0.05) is 6.58 Å². The van der Waals surface area contributed by atoms with E-state index < -0.39 is 0 Å². The van der Waals surface area contributed by atoms with E-state index in [0.29, 0.717) is 18.5 Å². The zero-order valence-electron chi connectivity index (χ0n) is 7.67. The molecule has 0 N–H and O–H groups in total. The molecule has 0 spiro atoms. The Kier molecular flexibility index (Phi) is 5.00. The SMILES string of the molecule is C=C(C)C(=O)N(C)CCCC=O. The van der Waals surface area contributed by atoms with Crippen molar-refractivity contribution in [3.8, 4) is 0 Å². The predicted octanol–water partition coefficient (Wildman–Crippen LogP) is 1.00.